The Labute approximate surface area is 302 Å². The predicted molar refractivity (Wildman–Crippen MR) is 221 cm³/mol. The minimum atomic E-state index is -2.13. The fourth-order valence-corrected chi connectivity index (χ4v) is 12.2. The Morgan fingerprint density at radius 2 is 0.902 bits per heavy atom. The monoisotopic (exact) mass is 676 g/mol. The number of anilines is 4. The van der Waals surface area contributed by atoms with Crippen molar-refractivity contribution in [3.05, 3.63) is 199 Å². The highest BCUT2D eigenvalue weighted by molar-refractivity contribution is 8.36. The zero-order chi connectivity index (χ0) is 34.4. The molecule has 248 valence electrons. The van der Waals surface area contributed by atoms with E-state index in [-0.39, 0.29) is 0 Å². The molecule has 0 bridgehead atoms. The average molecular weight is 677 g/mol. The number of nitrogens with zero attached hydrogens (tertiary/aromatic N) is 2. The SMILES string of the molecule is Cc1cccc(N2c3ccc4ccccc4c3-c3c(ccc4ccccc34)N(c3cccc(C)c3)S2(CCc2ccccc2)c2ccccc2)c1. The van der Waals surface area contributed by atoms with Crippen molar-refractivity contribution in [1.29, 1.82) is 0 Å². The van der Waals surface area contributed by atoms with E-state index in [1.165, 1.54) is 77.0 Å². The summed E-state index contributed by atoms with van der Waals surface area (Å²) in [6, 6.07) is 68.0. The van der Waals surface area contributed by atoms with Gasteiger partial charge in [0.25, 0.3) is 0 Å². The van der Waals surface area contributed by atoms with Gasteiger partial charge < -0.3 is 0 Å². The third-order valence-electron chi connectivity index (χ3n) is 10.2. The van der Waals surface area contributed by atoms with Crippen molar-refractivity contribution in [2.24, 2.45) is 0 Å². The first-order valence-electron chi connectivity index (χ1n) is 17.8. The largest absolute Gasteiger partial charge is 0.282 e. The molecule has 0 spiro atoms. The molecule has 0 radical (unpaired) electrons. The number of fused-ring (bicyclic) bond motifs is 7. The summed E-state index contributed by atoms with van der Waals surface area (Å²) in [5, 5.41) is 5.02. The van der Waals surface area contributed by atoms with Crippen LogP contribution >= 0.6 is 10.4 Å². The van der Waals surface area contributed by atoms with Gasteiger partial charge in [-0.1, -0.05) is 144 Å². The van der Waals surface area contributed by atoms with Gasteiger partial charge in [-0.15, -0.1) is 0 Å². The van der Waals surface area contributed by atoms with E-state index in [0.29, 0.717) is 0 Å². The Morgan fingerprint density at radius 3 is 1.41 bits per heavy atom. The highest BCUT2D eigenvalue weighted by atomic mass is 32.3. The molecular weight excluding hydrogens is 637 g/mol. The number of benzene rings is 8. The van der Waals surface area contributed by atoms with E-state index in [1.807, 2.05) is 0 Å². The van der Waals surface area contributed by atoms with Crippen molar-refractivity contribution in [2.75, 3.05) is 14.4 Å². The van der Waals surface area contributed by atoms with E-state index in [1.54, 1.807) is 0 Å². The summed E-state index contributed by atoms with van der Waals surface area (Å²) in [4.78, 5) is 1.32. The zero-order valence-electron chi connectivity index (χ0n) is 29.0. The van der Waals surface area contributed by atoms with Gasteiger partial charge >= 0.3 is 0 Å². The molecule has 1 aliphatic rings. The van der Waals surface area contributed by atoms with Crippen molar-refractivity contribution in [2.45, 2.75) is 25.2 Å². The third kappa shape index (κ3) is 5.28. The molecule has 2 nitrogen and oxygen atoms in total. The molecule has 0 aliphatic carbocycles. The van der Waals surface area contributed by atoms with Crippen LogP contribution in [0.5, 0.6) is 0 Å². The normalized spacial score (nSPS) is 14.2. The molecule has 3 heteroatoms. The summed E-state index contributed by atoms with van der Waals surface area (Å²) < 4.78 is 5.52. The minimum Gasteiger partial charge on any atom is -0.282 e. The quantitative estimate of drug-likeness (QED) is 0.173. The summed E-state index contributed by atoms with van der Waals surface area (Å²) in [7, 11) is -2.13. The Kier molecular flexibility index (Phi) is 7.86. The smallest absolute Gasteiger partial charge is 0.0614 e. The van der Waals surface area contributed by atoms with Crippen LogP contribution in [-0.2, 0) is 6.42 Å². The summed E-state index contributed by atoms with van der Waals surface area (Å²) >= 11 is 0. The van der Waals surface area contributed by atoms with Crippen LogP contribution in [-0.4, -0.2) is 5.75 Å². The highest BCUT2D eigenvalue weighted by Crippen LogP contribution is 2.73. The van der Waals surface area contributed by atoms with E-state index >= 15 is 0 Å². The van der Waals surface area contributed by atoms with Crippen LogP contribution in [0, 0.1) is 13.8 Å². The first kappa shape index (κ1) is 31.2. The molecule has 0 aromatic heterocycles. The van der Waals surface area contributed by atoms with Crippen LogP contribution in [0.25, 0.3) is 32.7 Å². The molecular formula is C48H40N2S. The molecule has 0 saturated heterocycles. The second-order valence-corrected chi connectivity index (χ2v) is 16.5. The molecule has 8 aromatic carbocycles. The van der Waals surface area contributed by atoms with E-state index in [9.17, 15) is 0 Å². The molecule has 0 amide bonds. The van der Waals surface area contributed by atoms with Crippen molar-refractivity contribution in [3.8, 4) is 11.1 Å². The third-order valence-corrected chi connectivity index (χ3v) is 14.0. The lowest BCUT2D eigenvalue weighted by Gasteiger charge is -2.56. The summed E-state index contributed by atoms with van der Waals surface area (Å²) in [6.45, 7) is 4.43. The fraction of sp³-hybridized carbons (Fsp3) is 0.0833. The molecule has 0 N–H and O–H groups in total. The maximum Gasteiger partial charge on any atom is 0.0614 e. The second-order valence-electron chi connectivity index (χ2n) is 13.5. The fourth-order valence-electron chi connectivity index (χ4n) is 7.98. The predicted octanol–water partition coefficient (Wildman–Crippen LogP) is 13.5. The van der Waals surface area contributed by atoms with E-state index in [2.05, 4.69) is 204 Å². The van der Waals surface area contributed by atoms with Gasteiger partial charge in [-0.3, -0.25) is 8.61 Å². The van der Waals surface area contributed by atoms with Gasteiger partial charge in [0.1, 0.15) is 0 Å². The van der Waals surface area contributed by atoms with E-state index in [4.69, 9.17) is 0 Å². The van der Waals surface area contributed by atoms with Gasteiger partial charge in [0.05, 0.1) is 22.7 Å². The van der Waals surface area contributed by atoms with Crippen molar-refractivity contribution >= 4 is 54.7 Å². The molecule has 1 aliphatic heterocycles. The molecule has 0 unspecified atom stereocenters. The van der Waals surface area contributed by atoms with Gasteiger partial charge in [0.2, 0.25) is 0 Å². The molecule has 1 heterocycles. The van der Waals surface area contributed by atoms with Gasteiger partial charge in [0, 0.05) is 21.8 Å². The highest BCUT2D eigenvalue weighted by Gasteiger charge is 2.46. The Balaban J connectivity index is 1.52. The second kappa shape index (κ2) is 12.8. The van der Waals surface area contributed by atoms with Crippen LogP contribution in [0.4, 0.5) is 22.7 Å². The molecule has 8 aromatic rings. The summed E-state index contributed by atoms with van der Waals surface area (Å²) in [5.41, 5.74) is 11.3. The Morgan fingerprint density at radius 1 is 0.431 bits per heavy atom. The number of hydrogen-bond donors (Lipinski definition) is 0. The topological polar surface area (TPSA) is 6.48 Å². The standard InChI is InChI=1S/C48H40N2S/c1-35-15-13-21-40(33-35)49-45-29-27-38-19-9-11-25-43(38)47(45)48-44-26-12-10-20-39(44)28-30-46(48)50(41-22-14-16-36(2)34-41)51(49,42-23-7-4-8-24-42)32-31-37-17-5-3-6-18-37/h3-30,33-34H,31-32H2,1-2H3. The Hall–Kier alpha value is -5.77. The lowest BCUT2D eigenvalue weighted by molar-refractivity contribution is 1.11. The minimum absolute atomic E-state index is 0.904. The summed E-state index contributed by atoms with van der Waals surface area (Å²) in [5.74, 6) is 0.904. The number of hydrogen-bond acceptors (Lipinski definition) is 2. The maximum absolute atomic E-state index is 2.76. The van der Waals surface area contributed by atoms with Gasteiger partial charge in [-0.05, 0) is 107 Å². The lowest BCUT2D eigenvalue weighted by Crippen LogP contribution is -2.38. The van der Waals surface area contributed by atoms with Crippen LogP contribution in [0.1, 0.15) is 16.7 Å². The molecule has 9 rings (SSSR count). The van der Waals surface area contributed by atoms with Crippen molar-refractivity contribution < 1.29 is 0 Å². The number of rotatable bonds is 6. The van der Waals surface area contributed by atoms with Crippen LogP contribution < -0.4 is 8.61 Å². The van der Waals surface area contributed by atoms with Crippen LogP contribution in [0.2, 0.25) is 0 Å². The first-order chi connectivity index (χ1) is 25.1. The first-order valence-corrected chi connectivity index (χ1v) is 19.5. The van der Waals surface area contributed by atoms with Gasteiger partial charge in [-0.25, -0.2) is 0 Å². The molecule has 51 heavy (non-hydrogen) atoms. The van der Waals surface area contributed by atoms with Gasteiger partial charge in [0.15, 0.2) is 0 Å². The maximum atomic E-state index is 2.76. The van der Waals surface area contributed by atoms with Crippen LogP contribution in [0.15, 0.2) is 187 Å². The van der Waals surface area contributed by atoms with Crippen LogP contribution in [0.3, 0.4) is 0 Å². The summed E-state index contributed by atoms with van der Waals surface area (Å²) in [6.07, 6.45) is 0.918. The number of aryl methyl sites for hydroxylation is 3. The average Bonchev–Trinajstić information content (AvgIpc) is 3.29. The molecule has 0 fully saturated rings. The zero-order valence-corrected chi connectivity index (χ0v) is 29.9. The Bertz CT molecular complexity index is 2390. The van der Waals surface area contributed by atoms with E-state index in [0.717, 1.165) is 12.2 Å². The van der Waals surface area contributed by atoms with Crippen molar-refractivity contribution in [1.82, 2.24) is 0 Å². The molecule has 0 saturated carbocycles. The molecule has 0 atom stereocenters. The van der Waals surface area contributed by atoms with E-state index < -0.39 is 10.4 Å². The lowest BCUT2D eigenvalue weighted by atomic mass is 9.90. The van der Waals surface area contributed by atoms with Crippen molar-refractivity contribution in [3.63, 3.8) is 0 Å². The van der Waals surface area contributed by atoms with Gasteiger partial charge in [-0.2, -0.15) is 0 Å².